The maximum absolute atomic E-state index is 12.8. The van der Waals surface area contributed by atoms with Gasteiger partial charge in [-0.15, -0.1) is 11.3 Å². The van der Waals surface area contributed by atoms with Crippen molar-refractivity contribution in [3.8, 4) is 0 Å². The molecule has 0 aliphatic carbocycles. The molecule has 2 aromatic rings. The van der Waals surface area contributed by atoms with E-state index >= 15 is 0 Å². The molecular weight excluding hydrogens is 436 g/mol. The number of rotatable bonds is 4. The molecule has 1 amide bonds. The van der Waals surface area contributed by atoms with Crippen molar-refractivity contribution in [2.75, 3.05) is 18.4 Å². The van der Waals surface area contributed by atoms with Gasteiger partial charge in [-0.1, -0.05) is 15.9 Å². The summed E-state index contributed by atoms with van der Waals surface area (Å²) in [7, 11) is -3.53. The lowest BCUT2D eigenvalue weighted by Crippen LogP contribution is -2.43. The number of halogens is 1. The van der Waals surface area contributed by atoms with Crippen molar-refractivity contribution in [1.29, 1.82) is 0 Å². The number of carbonyl (C=O) groups is 1. The molecule has 0 bridgehead atoms. The number of hydrogen-bond donors (Lipinski definition) is 1. The summed E-state index contributed by atoms with van der Waals surface area (Å²) in [5, 5.41) is 2.94. The van der Waals surface area contributed by atoms with E-state index in [1.165, 1.54) is 15.6 Å². The van der Waals surface area contributed by atoms with Gasteiger partial charge in [0.1, 0.15) is 4.21 Å². The van der Waals surface area contributed by atoms with E-state index in [0.717, 1.165) is 20.6 Å². The van der Waals surface area contributed by atoms with Gasteiger partial charge in [-0.05, 0) is 62.6 Å². The van der Waals surface area contributed by atoms with E-state index < -0.39 is 10.0 Å². The highest BCUT2D eigenvalue weighted by Gasteiger charge is 2.34. The number of benzene rings is 1. The third-order valence-electron chi connectivity index (χ3n) is 4.51. The van der Waals surface area contributed by atoms with Gasteiger partial charge in [0, 0.05) is 28.1 Å². The van der Waals surface area contributed by atoms with Crippen LogP contribution in [-0.2, 0) is 14.8 Å². The minimum atomic E-state index is -3.53. The van der Waals surface area contributed by atoms with Crippen molar-refractivity contribution >= 4 is 48.9 Å². The Morgan fingerprint density at radius 1 is 1.27 bits per heavy atom. The normalized spacial score (nSPS) is 18.7. The minimum absolute atomic E-state index is 0.127. The number of aryl methyl sites for hydroxylation is 2. The van der Waals surface area contributed by atoms with E-state index in [4.69, 9.17) is 0 Å². The van der Waals surface area contributed by atoms with Gasteiger partial charge in [-0.25, -0.2) is 8.42 Å². The molecule has 1 aromatic heterocycles. The highest BCUT2D eigenvalue weighted by atomic mass is 79.9. The number of sulfonamides is 1. The van der Waals surface area contributed by atoms with E-state index in [2.05, 4.69) is 21.2 Å². The number of nitrogens with zero attached hydrogens (tertiary/aromatic N) is 1. The Morgan fingerprint density at radius 2 is 2.04 bits per heavy atom. The molecule has 1 unspecified atom stereocenters. The molecule has 1 aromatic carbocycles. The lowest BCUT2D eigenvalue weighted by Gasteiger charge is -2.31. The molecule has 0 spiro atoms. The molecule has 1 aliphatic rings. The van der Waals surface area contributed by atoms with Gasteiger partial charge in [-0.2, -0.15) is 4.31 Å². The van der Waals surface area contributed by atoms with Gasteiger partial charge in [0.15, 0.2) is 0 Å². The first kappa shape index (κ1) is 19.5. The second-order valence-electron chi connectivity index (χ2n) is 6.52. The Hall–Kier alpha value is -1.22. The molecule has 1 saturated heterocycles. The number of carbonyl (C=O) groups excluding carboxylic acids is 1. The molecule has 1 fully saturated rings. The maximum atomic E-state index is 12.8. The number of amides is 1. The fourth-order valence-corrected chi connectivity index (χ4v) is 6.49. The number of nitrogens with one attached hydrogen (secondary N) is 1. The van der Waals surface area contributed by atoms with Gasteiger partial charge in [0.2, 0.25) is 5.91 Å². The van der Waals surface area contributed by atoms with Crippen molar-refractivity contribution in [2.45, 2.75) is 30.9 Å². The standard InChI is InChI=1S/C18H21BrN2O3S2/c1-12-10-15(19)6-7-16(12)20-18(22)14-4-3-9-21(11-14)26(23,24)17-8-5-13(2)25-17/h5-8,10,14H,3-4,9,11H2,1-2H3,(H,20,22). The Morgan fingerprint density at radius 3 is 2.69 bits per heavy atom. The summed E-state index contributed by atoms with van der Waals surface area (Å²) in [6, 6.07) is 9.11. The second kappa shape index (κ2) is 7.80. The summed E-state index contributed by atoms with van der Waals surface area (Å²) < 4.78 is 28.4. The molecule has 2 heterocycles. The molecule has 140 valence electrons. The summed E-state index contributed by atoms with van der Waals surface area (Å²) >= 11 is 4.68. The van der Waals surface area contributed by atoms with Crippen molar-refractivity contribution in [2.24, 2.45) is 5.92 Å². The van der Waals surface area contributed by atoms with Crippen LogP contribution in [-0.4, -0.2) is 31.7 Å². The largest absolute Gasteiger partial charge is 0.326 e. The van der Waals surface area contributed by atoms with Crippen LogP contribution in [0.2, 0.25) is 0 Å². The van der Waals surface area contributed by atoms with Crippen LogP contribution >= 0.6 is 27.3 Å². The zero-order chi connectivity index (χ0) is 18.9. The maximum Gasteiger partial charge on any atom is 0.252 e. The number of anilines is 1. The molecule has 5 nitrogen and oxygen atoms in total. The Bertz CT molecular complexity index is 924. The Kier molecular flexibility index (Phi) is 5.86. The van der Waals surface area contributed by atoms with Gasteiger partial charge in [-0.3, -0.25) is 4.79 Å². The zero-order valence-corrected chi connectivity index (χ0v) is 17.9. The summed E-state index contributed by atoms with van der Waals surface area (Å²) in [5.41, 5.74) is 1.72. The molecule has 3 rings (SSSR count). The highest BCUT2D eigenvalue weighted by Crippen LogP contribution is 2.29. The van der Waals surface area contributed by atoms with Gasteiger partial charge < -0.3 is 5.32 Å². The fraction of sp³-hybridized carbons (Fsp3) is 0.389. The van der Waals surface area contributed by atoms with E-state index in [1.807, 2.05) is 38.1 Å². The van der Waals surface area contributed by atoms with E-state index in [9.17, 15) is 13.2 Å². The minimum Gasteiger partial charge on any atom is -0.326 e. The summed E-state index contributed by atoms with van der Waals surface area (Å²) in [4.78, 5) is 13.6. The van der Waals surface area contributed by atoms with Crippen molar-refractivity contribution < 1.29 is 13.2 Å². The van der Waals surface area contributed by atoms with E-state index in [0.29, 0.717) is 23.6 Å². The lowest BCUT2D eigenvalue weighted by molar-refractivity contribution is -0.120. The van der Waals surface area contributed by atoms with E-state index in [-0.39, 0.29) is 18.4 Å². The second-order valence-corrected chi connectivity index (χ2v) is 10.9. The first-order valence-corrected chi connectivity index (χ1v) is 11.5. The average Bonchev–Trinajstić information content (AvgIpc) is 3.05. The number of piperidine rings is 1. The monoisotopic (exact) mass is 456 g/mol. The van der Waals surface area contributed by atoms with Gasteiger partial charge >= 0.3 is 0 Å². The quantitative estimate of drug-likeness (QED) is 0.750. The van der Waals surface area contributed by atoms with Crippen molar-refractivity contribution in [3.63, 3.8) is 0 Å². The van der Waals surface area contributed by atoms with Gasteiger partial charge in [0.25, 0.3) is 10.0 Å². The molecule has 1 aliphatic heterocycles. The van der Waals surface area contributed by atoms with Crippen molar-refractivity contribution in [3.05, 3.63) is 45.2 Å². The van der Waals surface area contributed by atoms with Crippen LogP contribution in [0.1, 0.15) is 23.3 Å². The van der Waals surface area contributed by atoms with Gasteiger partial charge in [0.05, 0.1) is 5.92 Å². The fourth-order valence-electron chi connectivity index (χ4n) is 3.05. The Balaban J connectivity index is 1.72. The van der Waals surface area contributed by atoms with Crippen LogP contribution in [0.15, 0.2) is 39.0 Å². The first-order chi connectivity index (χ1) is 12.3. The van der Waals surface area contributed by atoms with Crippen molar-refractivity contribution in [1.82, 2.24) is 4.31 Å². The summed E-state index contributed by atoms with van der Waals surface area (Å²) in [6.07, 6.45) is 1.37. The summed E-state index contributed by atoms with van der Waals surface area (Å²) in [6.45, 7) is 4.49. The molecule has 0 saturated carbocycles. The predicted octanol–water partition coefficient (Wildman–Crippen LogP) is 4.17. The molecule has 8 heteroatoms. The molecule has 26 heavy (non-hydrogen) atoms. The number of thiophene rings is 1. The third-order valence-corrected chi connectivity index (χ3v) is 8.34. The zero-order valence-electron chi connectivity index (χ0n) is 14.7. The SMILES string of the molecule is Cc1ccc(S(=O)(=O)N2CCCC(C(=O)Nc3ccc(Br)cc3C)C2)s1. The van der Waals surface area contributed by atoms with Crippen LogP contribution in [0, 0.1) is 19.8 Å². The first-order valence-electron chi connectivity index (χ1n) is 8.41. The highest BCUT2D eigenvalue weighted by molar-refractivity contribution is 9.10. The lowest BCUT2D eigenvalue weighted by atomic mass is 9.98. The van der Waals surface area contributed by atoms with Crippen LogP contribution < -0.4 is 5.32 Å². The Labute approximate surface area is 166 Å². The van der Waals surface area contributed by atoms with Crippen LogP contribution in [0.3, 0.4) is 0 Å². The predicted molar refractivity (Wildman–Crippen MR) is 108 cm³/mol. The van der Waals surface area contributed by atoms with Crippen LogP contribution in [0.4, 0.5) is 5.69 Å². The molecule has 1 atom stereocenters. The third kappa shape index (κ3) is 4.19. The van der Waals surface area contributed by atoms with E-state index in [1.54, 1.807) is 6.07 Å². The average molecular weight is 457 g/mol. The summed E-state index contributed by atoms with van der Waals surface area (Å²) in [5.74, 6) is -0.472. The molecule has 0 radical (unpaired) electrons. The molecule has 1 N–H and O–H groups in total. The molecular formula is C18H21BrN2O3S2. The topological polar surface area (TPSA) is 66.5 Å². The smallest absolute Gasteiger partial charge is 0.252 e. The van der Waals surface area contributed by atoms with Crippen LogP contribution in [0.25, 0.3) is 0 Å². The van der Waals surface area contributed by atoms with Crippen LogP contribution in [0.5, 0.6) is 0 Å². The number of hydrogen-bond acceptors (Lipinski definition) is 4.